The highest BCUT2D eigenvalue weighted by atomic mass is 16.6. The average Bonchev–Trinajstić information content (AvgIpc) is 2.15. The average molecular weight is 197 g/mol. The molecule has 6 heteroatoms. The summed E-state index contributed by atoms with van der Waals surface area (Å²) >= 11 is 0. The third kappa shape index (κ3) is 2.04. The highest BCUT2D eigenvalue weighted by Crippen LogP contribution is 2.17. The fourth-order valence-corrected chi connectivity index (χ4v) is 1.07. The zero-order valence-corrected chi connectivity index (χ0v) is 7.67. The molecule has 1 rings (SSSR count). The fourth-order valence-electron chi connectivity index (χ4n) is 1.07. The molecule has 0 spiro atoms. The third-order valence-corrected chi connectivity index (χ3v) is 1.85. The minimum absolute atomic E-state index is 0.0427. The van der Waals surface area contributed by atoms with Crippen LogP contribution in [0.15, 0.2) is 12.1 Å². The molecule has 0 amide bonds. The first-order chi connectivity index (χ1) is 6.56. The van der Waals surface area contributed by atoms with Crippen LogP contribution in [0, 0.1) is 17.0 Å². The lowest BCUT2D eigenvalue weighted by atomic mass is 10.2. The summed E-state index contributed by atoms with van der Waals surface area (Å²) in [4.78, 5) is 13.9. The summed E-state index contributed by atoms with van der Waals surface area (Å²) < 4.78 is 0. The number of hydrogen-bond donors (Lipinski definition) is 2. The quantitative estimate of drug-likeness (QED) is 0.535. The van der Waals surface area contributed by atoms with E-state index in [1.54, 1.807) is 0 Å². The monoisotopic (exact) mass is 197 g/mol. The lowest BCUT2D eigenvalue weighted by Crippen LogP contribution is -2.16. The molecule has 0 saturated heterocycles. The van der Waals surface area contributed by atoms with Crippen molar-refractivity contribution in [1.82, 2.24) is 4.98 Å². The van der Waals surface area contributed by atoms with Crippen LogP contribution in [-0.4, -0.2) is 21.6 Å². The van der Waals surface area contributed by atoms with Gasteiger partial charge in [-0.1, -0.05) is 0 Å². The molecule has 0 fully saturated rings. The second-order valence-electron chi connectivity index (χ2n) is 2.89. The van der Waals surface area contributed by atoms with Crippen molar-refractivity contribution >= 4 is 5.69 Å². The number of nitrogens with zero attached hydrogens (tertiary/aromatic N) is 2. The van der Waals surface area contributed by atoms with Crippen LogP contribution in [0.5, 0.6) is 0 Å². The van der Waals surface area contributed by atoms with Crippen LogP contribution in [0.25, 0.3) is 0 Å². The molecule has 1 heterocycles. The summed E-state index contributed by atoms with van der Waals surface area (Å²) in [6.07, 6.45) is 0. The summed E-state index contributed by atoms with van der Waals surface area (Å²) in [6.45, 7) is 1.30. The number of nitro groups is 1. The van der Waals surface area contributed by atoms with Gasteiger partial charge in [0.2, 0.25) is 0 Å². The van der Waals surface area contributed by atoms with Gasteiger partial charge in [-0.05, 0) is 13.0 Å². The van der Waals surface area contributed by atoms with Gasteiger partial charge in [0.15, 0.2) is 0 Å². The van der Waals surface area contributed by atoms with Gasteiger partial charge in [0.25, 0.3) is 5.69 Å². The van der Waals surface area contributed by atoms with E-state index in [2.05, 4.69) is 4.98 Å². The molecule has 1 atom stereocenters. The molecule has 1 aromatic rings. The Bertz CT molecular complexity index is 354. The number of aromatic nitrogens is 1. The molecular formula is C8H11N3O3. The fraction of sp³-hybridized carbons (Fsp3) is 0.375. The van der Waals surface area contributed by atoms with Crippen molar-refractivity contribution in [2.24, 2.45) is 5.73 Å². The predicted octanol–water partition coefficient (Wildman–Crippen LogP) is 0.290. The van der Waals surface area contributed by atoms with E-state index in [-0.39, 0.29) is 12.3 Å². The van der Waals surface area contributed by atoms with E-state index < -0.39 is 11.0 Å². The maximum Gasteiger partial charge on any atom is 0.290 e. The van der Waals surface area contributed by atoms with Crippen LogP contribution in [-0.2, 0) is 0 Å². The second-order valence-corrected chi connectivity index (χ2v) is 2.89. The van der Waals surface area contributed by atoms with E-state index in [0.717, 1.165) is 0 Å². The molecular weight excluding hydrogens is 186 g/mol. The van der Waals surface area contributed by atoms with E-state index in [0.29, 0.717) is 11.4 Å². The van der Waals surface area contributed by atoms with Crippen LogP contribution in [0.1, 0.15) is 17.4 Å². The Balaban J connectivity index is 3.06. The first-order valence-electron chi connectivity index (χ1n) is 4.04. The molecule has 76 valence electrons. The molecule has 0 aliphatic heterocycles. The normalized spacial score (nSPS) is 12.5. The molecule has 1 aromatic heterocycles. The van der Waals surface area contributed by atoms with Gasteiger partial charge in [-0.25, -0.2) is 4.98 Å². The van der Waals surface area contributed by atoms with Crippen LogP contribution >= 0.6 is 0 Å². The van der Waals surface area contributed by atoms with E-state index in [9.17, 15) is 10.1 Å². The molecule has 0 unspecified atom stereocenters. The Labute approximate surface area is 80.5 Å². The summed E-state index contributed by atoms with van der Waals surface area (Å²) in [7, 11) is 0. The van der Waals surface area contributed by atoms with Crippen molar-refractivity contribution in [2.45, 2.75) is 13.0 Å². The van der Waals surface area contributed by atoms with Gasteiger partial charge in [0.05, 0.1) is 23.3 Å². The molecule has 0 radical (unpaired) electrons. The van der Waals surface area contributed by atoms with Crippen molar-refractivity contribution in [3.63, 3.8) is 0 Å². The largest absolute Gasteiger partial charge is 0.394 e. The molecule has 0 bridgehead atoms. The Kier molecular flexibility index (Phi) is 3.10. The van der Waals surface area contributed by atoms with Crippen molar-refractivity contribution in [3.05, 3.63) is 33.6 Å². The Morgan fingerprint density at radius 1 is 1.71 bits per heavy atom. The first kappa shape index (κ1) is 10.6. The van der Waals surface area contributed by atoms with Crippen molar-refractivity contribution in [1.29, 1.82) is 0 Å². The Hall–Kier alpha value is -1.53. The highest BCUT2D eigenvalue weighted by Gasteiger charge is 2.14. The second kappa shape index (κ2) is 4.12. The maximum absolute atomic E-state index is 10.5. The minimum Gasteiger partial charge on any atom is -0.394 e. The smallest absolute Gasteiger partial charge is 0.290 e. The Morgan fingerprint density at radius 2 is 2.36 bits per heavy atom. The number of aliphatic hydroxyl groups is 1. The zero-order chi connectivity index (χ0) is 10.7. The van der Waals surface area contributed by atoms with Crippen LogP contribution in [0.4, 0.5) is 5.69 Å². The molecule has 3 N–H and O–H groups in total. The molecule has 0 aliphatic rings. The SMILES string of the molecule is Cc1nc([C@H](N)CO)ccc1[N+](=O)[O-]. The van der Waals surface area contributed by atoms with Gasteiger partial charge in [0.1, 0.15) is 5.69 Å². The van der Waals surface area contributed by atoms with Crippen LogP contribution in [0.2, 0.25) is 0 Å². The molecule has 14 heavy (non-hydrogen) atoms. The molecule has 0 aliphatic carbocycles. The molecule has 0 saturated carbocycles. The lowest BCUT2D eigenvalue weighted by molar-refractivity contribution is -0.385. The lowest BCUT2D eigenvalue weighted by Gasteiger charge is -2.07. The van der Waals surface area contributed by atoms with Gasteiger partial charge in [0, 0.05) is 6.07 Å². The maximum atomic E-state index is 10.5. The standard InChI is InChI=1S/C8H11N3O3/c1-5-8(11(13)14)3-2-7(10-5)6(9)4-12/h2-3,6,12H,4,9H2,1H3/t6-/m1/s1. The topological polar surface area (TPSA) is 102 Å². The number of pyridine rings is 1. The van der Waals surface area contributed by atoms with Gasteiger partial charge in [-0.2, -0.15) is 0 Å². The third-order valence-electron chi connectivity index (χ3n) is 1.85. The summed E-state index contributed by atoms with van der Waals surface area (Å²) in [5, 5.41) is 19.2. The van der Waals surface area contributed by atoms with E-state index in [1.165, 1.54) is 19.1 Å². The highest BCUT2D eigenvalue weighted by molar-refractivity contribution is 5.35. The zero-order valence-electron chi connectivity index (χ0n) is 7.67. The predicted molar refractivity (Wildman–Crippen MR) is 49.6 cm³/mol. The van der Waals surface area contributed by atoms with E-state index >= 15 is 0 Å². The van der Waals surface area contributed by atoms with Crippen molar-refractivity contribution < 1.29 is 10.0 Å². The van der Waals surface area contributed by atoms with E-state index in [4.69, 9.17) is 10.8 Å². The van der Waals surface area contributed by atoms with Crippen molar-refractivity contribution in [2.75, 3.05) is 6.61 Å². The van der Waals surface area contributed by atoms with Crippen molar-refractivity contribution in [3.8, 4) is 0 Å². The van der Waals surface area contributed by atoms with Gasteiger partial charge < -0.3 is 10.8 Å². The van der Waals surface area contributed by atoms with Crippen LogP contribution in [0.3, 0.4) is 0 Å². The number of aliphatic hydroxyl groups excluding tert-OH is 1. The van der Waals surface area contributed by atoms with Crippen LogP contribution < -0.4 is 5.73 Å². The number of rotatable bonds is 3. The number of aryl methyl sites for hydroxylation is 1. The summed E-state index contributed by atoms with van der Waals surface area (Å²) in [5.74, 6) is 0. The van der Waals surface area contributed by atoms with Gasteiger partial charge in [-0.15, -0.1) is 0 Å². The summed E-state index contributed by atoms with van der Waals surface area (Å²) in [6, 6.07) is 2.20. The number of hydrogen-bond acceptors (Lipinski definition) is 5. The molecule has 6 nitrogen and oxygen atoms in total. The van der Waals surface area contributed by atoms with Gasteiger partial charge in [-0.3, -0.25) is 10.1 Å². The first-order valence-corrected chi connectivity index (χ1v) is 4.04. The Morgan fingerprint density at radius 3 is 2.79 bits per heavy atom. The minimum atomic E-state index is -0.588. The van der Waals surface area contributed by atoms with E-state index in [1.807, 2.05) is 0 Å². The van der Waals surface area contributed by atoms with Gasteiger partial charge >= 0.3 is 0 Å². The summed E-state index contributed by atoms with van der Waals surface area (Å²) in [5.41, 5.74) is 6.22. The molecule has 0 aromatic carbocycles. The number of nitrogens with two attached hydrogens (primary N) is 1.